The molecule has 1 aliphatic heterocycles. The highest BCUT2D eigenvalue weighted by Gasteiger charge is 2.31. The van der Waals surface area contributed by atoms with Crippen LogP contribution in [0.15, 0.2) is 47.4 Å². The minimum atomic E-state index is -3.52. The number of aryl methyl sites for hydroxylation is 1. The Morgan fingerprint density at radius 3 is 2.69 bits per heavy atom. The lowest BCUT2D eigenvalue weighted by Gasteiger charge is -2.21. The van der Waals surface area contributed by atoms with Gasteiger partial charge < -0.3 is 10.1 Å². The standard InChI is InChI=1S/C20H23ClN2O4S2/c1-14-3-6-16(7-4-14)28-12-10-22-20(24)19-9-11-23(29(2,25)26)17-13-15(21)5-8-18(17)27-19/h3-8,13,19H,9-12H2,1-2H3,(H,22,24)/t19-/m0/s1. The van der Waals surface area contributed by atoms with Crippen LogP contribution >= 0.6 is 23.4 Å². The Hall–Kier alpha value is -1.90. The molecular formula is C20H23ClN2O4S2. The first kappa shape index (κ1) is 21.8. The van der Waals surface area contributed by atoms with Crippen LogP contribution in [0, 0.1) is 6.92 Å². The van der Waals surface area contributed by atoms with Crippen molar-refractivity contribution in [2.24, 2.45) is 0 Å². The number of amides is 1. The highest BCUT2D eigenvalue weighted by Crippen LogP contribution is 2.36. The summed E-state index contributed by atoms with van der Waals surface area (Å²) < 4.78 is 31.4. The molecule has 0 aliphatic carbocycles. The summed E-state index contributed by atoms with van der Waals surface area (Å²) in [7, 11) is -3.52. The second kappa shape index (κ2) is 9.28. The monoisotopic (exact) mass is 454 g/mol. The fourth-order valence-electron chi connectivity index (χ4n) is 2.97. The number of nitrogens with zero attached hydrogens (tertiary/aromatic N) is 1. The number of anilines is 1. The van der Waals surface area contributed by atoms with Gasteiger partial charge in [0.05, 0.1) is 11.9 Å². The summed E-state index contributed by atoms with van der Waals surface area (Å²) in [6.07, 6.45) is 0.600. The summed E-state index contributed by atoms with van der Waals surface area (Å²) in [6, 6.07) is 13.0. The Bertz CT molecular complexity index is 980. The number of benzene rings is 2. The van der Waals surface area contributed by atoms with Gasteiger partial charge in [-0.15, -0.1) is 11.8 Å². The lowest BCUT2D eigenvalue weighted by Crippen LogP contribution is -2.40. The number of ether oxygens (including phenoxy) is 1. The first-order valence-electron chi connectivity index (χ1n) is 9.15. The average molecular weight is 455 g/mol. The van der Waals surface area contributed by atoms with Gasteiger partial charge in [0.1, 0.15) is 5.75 Å². The quantitative estimate of drug-likeness (QED) is 0.534. The molecule has 0 bridgehead atoms. The molecule has 0 saturated carbocycles. The van der Waals surface area contributed by atoms with E-state index in [1.807, 2.05) is 6.92 Å². The minimum Gasteiger partial charge on any atom is -0.478 e. The molecule has 1 heterocycles. The SMILES string of the molecule is Cc1ccc(SCCNC(=O)[C@@H]2CCN(S(C)(=O)=O)c3cc(Cl)ccc3O2)cc1. The van der Waals surface area contributed by atoms with E-state index in [-0.39, 0.29) is 18.9 Å². The van der Waals surface area contributed by atoms with Crippen molar-refractivity contribution in [2.75, 3.05) is 29.4 Å². The molecule has 1 amide bonds. The summed E-state index contributed by atoms with van der Waals surface area (Å²) in [5.41, 5.74) is 1.56. The van der Waals surface area contributed by atoms with E-state index < -0.39 is 16.1 Å². The van der Waals surface area contributed by atoms with Gasteiger partial charge in [-0.3, -0.25) is 9.10 Å². The maximum atomic E-state index is 12.6. The molecule has 1 atom stereocenters. The van der Waals surface area contributed by atoms with Crippen LogP contribution in [0.4, 0.5) is 5.69 Å². The molecule has 0 aromatic heterocycles. The summed E-state index contributed by atoms with van der Waals surface area (Å²) in [6.45, 7) is 2.67. The molecule has 2 aromatic carbocycles. The van der Waals surface area contributed by atoms with Gasteiger partial charge in [0.25, 0.3) is 5.91 Å². The smallest absolute Gasteiger partial charge is 0.261 e. The fraction of sp³-hybridized carbons (Fsp3) is 0.350. The maximum absolute atomic E-state index is 12.6. The van der Waals surface area contributed by atoms with Crippen molar-refractivity contribution in [1.29, 1.82) is 0 Å². The van der Waals surface area contributed by atoms with Crippen molar-refractivity contribution in [1.82, 2.24) is 5.32 Å². The molecule has 3 rings (SSSR count). The Labute approximate surface area is 180 Å². The van der Waals surface area contributed by atoms with E-state index in [1.165, 1.54) is 15.9 Å². The van der Waals surface area contributed by atoms with Gasteiger partial charge in [-0.2, -0.15) is 0 Å². The molecule has 1 N–H and O–H groups in total. The molecule has 156 valence electrons. The number of carbonyl (C=O) groups excluding carboxylic acids is 1. The molecule has 1 aliphatic rings. The van der Waals surface area contributed by atoms with Crippen molar-refractivity contribution in [3.8, 4) is 5.75 Å². The van der Waals surface area contributed by atoms with Gasteiger partial charge in [0, 0.05) is 35.2 Å². The van der Waals surface area contributed by atoms with Crippen molar-refractivity contribution in [3.05, 3.63) is 53.1 Å². The minimum absolute atomic E-state index is 0.141. The van der Waals surface area contributed by atoms with Gasteiger partial charge in [-0.1, -0.05) is 29.3 Å². The Morgan fingerprint density at radius 1 is 1.28 bits per heavy atom. The van der Waals surface area contributed by atoms with Gasteiger partial charge in [0.15, 0.2) is 6.10 Å². The van der Waals surface area contributed by atoms with Crippen molar-refractivity contribution in [2.45, 2.75) is 24.3 Å². The number of hydrogen-bond acceptors (Lipinski definition) is 5. The second-order valence-corrected chi connectivity index (χ2v) is 10.3. The van der Waals surface area contributed by atoms with Crippen LogP contribution in [0.5, 0.6) is 5.75 Å². The Kier molecular flexibility index (Phi) is 6.97. The molecule has 0 spiro atoms. The molecule has 2 aromatic rings. The van der Waals surface area contributed by atoms with E-state index in [4.69, 9.17) is 16.3 Å². The molecule has 6 nitrogen and oxygen atoms in total. The predicted octanol–water partition coefficient (Wildman–Crippen LogP) is 3.47. The van der Waals surface area contributed by atoms with Crippen LogP contribution in [0.25, 0.3) is 0 Å². The number of thioether (sulfide) groups is 1. The zero-order valence-corrected chi connectivity index (χ0v) is 18.6. The van der Waals surface area contributed by atoms with Crippen LogP contribution in [0.1, 0.15) is 12.0 Å². The molecule has 0 radical (unpaired) electrons. The van der Waals surface area contributed by atoms with E-state index in [9.17, 15) is 13.2 Å². The number of fused-ring (bicyclic) bond motifs is 1. The van der Waals surface area contributed by atoms with Gasteiger partial charge >= 0.3 is 0 Å². The van der Waals surface area contributed by atoms with E-state index in [0.29, 0.717) is 23.0 Å². The number of nitrogens with one attached hydrogen (secondary N) is 1. The van der Waals surface area contributed by atoms with E-state index in [0.717, 1.165) is 16.9 Å². The number of hydrogen-bond donors (Lipinski definition) is 1. The van der Waals surface area contributed by atoms with Crippen LogP contribution in [-0.4, -0.2) is 45.5 Å². The number of carbonyl (C=O) groups is 1. The van der Waals surface area contributed by atoms with Gasteiger partial charge in [-0.25, -0.2) is 8.42 Å². The highest BCUT2D eigenvalue weighted by atomic mass is 35.5. The summed E-state index contributed by atoms with van der Waals surface area (Å²) in [5.74, 6) is 0.792. The Morgan fingerprint density at radius 2 is 2.00 bits per heavy atom. The third-order valence-corrected chi connectivity index (χ3v) is 6.87. The number of rotatable bonds is 6. The number of halogens is 1. The average Bonchev–Trinajstić information content (AvgIpc) is 2.85. The Balaban J connectivity index is 1.61. The van der Waals surface area contributed by atoms with Crippen molar-refractivity contribution < 1.29 is 17.9 Å². The third kappa shape index (κ3) is 5.81. The first-order valence-corrected chi connectivity index (χ1v) is 12.4. The van der Waals surface area contributed by atoms with Gasteiger partial charge in [0.2, 0.25) is 10.0 Å². The van der Waals surface area contributed by atoms with Crippen LogP contribution in [0.2, 0.25) is 5.02 Å². The fourth-order valence-corrected chi connectivity index (χ4v) is 4.84. The molecule has 9 heteroatoms. The zero-order chi connectivity index (χ0) is 21.0. The van der Waals surface area contributed by atoms with Crippen molar-refractivity contribution in [3.63, 3.8) is 0 Å². The zero-order valence-electron chi connectivity index (χ0n) is 16.2. The normalized spacial score (nSPS) is 16.5. The highest BCUT2D eigenvalue weighted by molar-refractivity contribution is 7.99. The van der Waals surface area contributed by atoms with E-state index in [2.05, 4.69) is 29.6 Å². The summed E-state index contributed by atoms with van der Waals surface area (Å²) in [5, 5.41) is 3.28. The van der Waals surface area contributed by atoms with Gasteiger partial charge in [-0.05, 0) is 37.3 Å². The molecule has 29 heavy (non-hydrogen) atoms. The molecule has 0 fully saturated rings. The van der Waals surface area contributed by atoms with Crippen LogP contribution in [0.3, 0.4) is 0 Å². The van der Waals surface area contributed by atoms with Crippen molar-refractivity contribution >= 4 is 45.0 Å². The second-order valence-electron chi connectivity index (χ2n) is 6.79. The first-order chi connectivity index (χ1) is 13.7. The summed E-state index contributed by atoms with van der Waals surface area (Å²) in [4.78, 5) is 13.7. The van der Waals surface area contributed by atoms with E-state index in [1.54, 1.807) is 23.9 Å². The summed E-state index contributed by atoms with van der Waals surface area (Å²) >= 11 is 7.69. The molecule has 0 saturated heterocycles. The van der Waals surface area contributed by atoms with Crippen LogP contribution < -0.4 is 14.4 Å². The maximum Gasteiger partial charge on any atom is 0.261 e. The lowest BCUT2D eigenvalue weighted by atomic mass is 10.2. The van der Waals surface area contributed by atoms with Crippen LogP contribution in [-0.2, 0) is 14.8 Å². The van der Waals surface area contributed by atoms with E-state index >= 15 is 0 Å². The topological polar surface area (TPSA) is 75.7 Å². The third-order valence-electron chi connectivity index (χ3n) is 4.44. The lowest BCUT2D eigenvalue weighted by molar-refractivity contribution is -0.127. The number of sulfonamides is 1. The molecule has 0 unspecified atom stereocenters. The largest absolute Gasteiger partial charge is 0.478 e. The molecular weight excluding hydrogens is 432 g/mol. The predicted molar refractivity (Wildman–Crippen MR) is 118 cm³/mol.